The fourth-order valence-corrected chi connectivity index (χ4v) is 2.78. The predicted octanol–water partition coefficient (Wildman–Crippen LogP) is 1.51. The van der Waals surface area contributed by atoms with Gasteiger partial charge >= 0.3 is 0 Å². The molecule has 0 aliphatic carbocycles. The number of nitrogens with zero attached hydrogens (tertiary/aromatic N) is 1. The highest BCUT2D eigenvalue weighted by atomic mass is 32.2. The summed E-state index contributed by atoms with van der Waals surface area (Å²) >= 11 is 0. The van der Waals surface area contributed by atoms with Crippen molar-refractivity contribution < 1.29 is 8.42 Å². The molecule has 0 spiro atoms. The summed E-state index contributed by atoms with van der Waals surface area (Å²) in [5, 5.41) is 0. The van der Waals surface area contributed by atoms with Gasteiger partial charge in [-0.05, 0) is 31.5 Å². The molecule has 5 heteroatoms. The van der Waals surface area contributed by atoms with Crippen molar-refractivity contribution in [2.24, 2.45) is 11.7 Å². The van der Waals surface area contributed by atoms with Crippen LogP contribution in [0.15, 0.2) is 29.2 Å². The van der Waals surface area contributed by atoms with Crippen molar-refractivity contribution in [3.05, 3.63) is 24.3 Å². The van der Waals surface area contributed by atoms with E-state index in [1.54, 1.807) is 12.1 Å². The second kappa shape index (κ2) is 6.20. The summed E-state index contributed by atoms with van der Waals surface area (Å²) in [4.78, 5) is 2.45. The number of hydrogen-bond donors (Lipinski definition) is 1. The normalized spacial score (nSPS) is 13.3. The number of para-hydroxylation sites is 1. The summed E-state index contributed by atoms with van der Waals surface area (Å²) in [6, 6.07) is 7.11. The van der Waals surface area contributed by atoms with Gasteiger partial charge in [0.25, 0.3) is 0 Å². The van der Waals surface area contributed by atoms with Crippen LogP contribution in [0.2, 0.25) is 0 Å². The van der Waals surface area contributed by atoms with Crippen molar-refractivity contribution in [2.75, 3.05) is 30.8 Å². The molecule has 0 aliphatic rings. The summed E-state index contributed by atoms with van der Waals surface area (Å²) in [5.41, 5.74) is 6.40. The van der Waals surface area contributed by atoms with E-state index in [1.807, 2.05) is 19.1 Å². The van der Waals surface area contributed by atoms with Crippen molar-refractivity contribution in [3.63, 3.8) is 0 Å². The van der Waals surface area contributed by atoms with Gasteiger partial charge in [-0.25, -0.2) is 8.42 Å². The highest BCUT2D eigenvalue weighted by Gasteiger charge is 2.17. The van der Waals surface area contributed by atoms with Crippen LogP contribution in [0.1, 0.15) is 13.8 Å². The Morgan fingerprint density at radius 3 is 2.44 bits per heavy atom. The van der Waals surface area contributed by atoms with E-state index in [-0.39, 0.29) is 0 Å². The van der Waals surface area contributed by atoms with Gasteiger partial charge in [-0.1, -0.05) is 19.1 Å². The Bertz CT molecular complexity index is 486. The molecule has 0 heterocycles. The van der Waals surface area contributed by atoms with Gasteiger partial charge in [0.1, 0.15) is 0 Å². The third-order valence-electron chi connectivity index (χ3n) is 2.92. The summed E-state index contributed by atoms with van der Waals surface area (Å²) in [7, 11) is -3.20. The minimum Gasteiger partial charge on any atom is -0.370 e. The molecule has 1 aromatic carbocycles. The van der Waals surface area contributed by atoms with Gasteiger partial charge in [-0.15, -0.1) is 0 Å². The van der Waals surface area contributed by atoms with Gasteiger partial charge in [0.05, 0.1) is 10.6 Å². The smallest absolute Gasteiger partial charge is 0.177 e. The molecule has 4 nitrogen and oxygen atoms in total. The van der Waals surface area contributed by atoms with E-state index in [2.05, 4.69) is 11.8 Å². The number of benzene rings is 1. The van der Waals surface area contributed by atoms with E-state index in [0.717, 1.165) is 18.8 Å². The van der Waals surface area contributed by atoms with Crippen LogP contribution in [0.4, 0.5) is 5.69 Å². The lowest BCUT2D eigenvalue weighted by molar-refractivity contribution is 0.572. The van der Waals surface area contributed by atoms with E-state index < -0.39 is 9.84 Å². The van der Waals surface area contributed by atoms with Crippen LogP contribution < -0.4 is 10.6 Å². The summed E-state index contributed by atoms with van der Waals surface area (Å²) in [6.07, 6.45) is 1.24. The molecule has 1 atom stereocenters. The van der Waals surface area contributed by atoms with Gasteiger partial charge in [-0.2, -0.15) is 0 Å². The van der Waals surface area contributed by atoms with Gasteiger partial charge < -0.3 is 10.6 Å². The molecule has 0 bridgehead atoms. The fraction of sp³-hybridized carbons (Fsp3) is 0.538. The SMILES string of the molecule is CCN(CC(C)CN)c1ccccc1S(C)(=O)=O. The molecule has 0 radical (unpaired) electrons. The first-order valence-electron chi connectivity index (χ1n) is 6.14. The topological polar surface area (TPSA) is 63.4 Å². The third-order valence-corrected chi connectivity index (χ3v) is 4.07. The summed E-state index contributed by atoms with van der Waals surface area (Å²) in [5.74, 6) is 0.331. The Hall–Kier alpha value is -1.07. The van der Waals surface area contributed by atoms with Crippen molar-refractivity contribution in [2.45, 2.75) is 18.7 Å². The van der Waals surface area contributed by atoms with E-state index in [0.29, 0.717) is 17.4 Å². The average Bonchev–Trinajstić information content (AvgIpc) is 2.34. The zero-order valence-corrected chi connectivity index (χ0v) is 12.1. The quantitative estimate of drug-likeness (QED) is 0.851. The molecule has 0 amide bonds. The Morgan fingerprint density at radius 2 is 1.94 bits per heavy atom. The molecule has 0 fully saturated rings. The lowest BCUT2D eigenvalue weighted by Crippen LogP contribution is -2.32. The van der Waals surface area contributed by atoms with Crippen LogP contribution in [0, 0.1) is 5.92 Å². The van der Waals surface area contributed by atoms with E-state index in [4.69, 9.17) is 5.73 Å². The predicted molar refractivity (Wildman–Crippen MR) is 75.7 cm³/mol. The van der Waals surface area contributed by atoms with Crippen LogP contribution >= 0.6 is 0 Å². The molecule has 0 aliphatic heterocycles. The highest BCUT2D eigenvalue weighted by molar-refractivity contribution is 7.90. The lowest BCUT2D eigenvalue weighted by atomic mass is 10.1. The number of rotatable bonds is 6. The van der Waals surface area contributed by atoms with Gasteiger partial charge in [-0.3, -0.25) is 0 Å². The highest BCUT2D eigenvalue weighted by Crippen LogP contribution is 2.25. The average molecular weight is 270 g/mol. The van der Waals surface area contributed by atoms with Gasteiger partial charge in [0, 0.05) is 19.3 Å². The molecule has 1 rings (SSSR count). The number of anilines is 1. The maximum absolute atomic E-state index is 11.8. The Kier molecular flexibility index (Phi) is 5.16. The molecule has 18 heavy (non-hydrogen) atoms. The molecule has 102 valence electrons. The van der Waals surface area contributed by atoms with Crippen LogP contribution in [-0.4, -0.2) is 34.3 Å². The second-order valence-corrected chi connectivity index (χ2v) is 6.60. The Balaban J connectivity index is 3.14. The Morgan fingerprint density at radius 1 is 1.33 bits per heavy atom. The maximum Gasteiger partial charge on any atom is 0.177 e. The number of sulfone groups is 1. The first-order chi connectivity index (χ1) is 8.40. The first kappa shape index (κ1) is 15.0. The van der Waals surface area contributed by atoms with E-state index in [1.165, 1.54) is 6.26 Å². The fourth-order valence-electron chi connectivity index (χ4n) is 1.88. The van der Waals surface area contributed by atoms with Crippen LogP contribution in [0.3, 0.4) is 0 Å². The number of hydrogen-bond acceptors (Lipinski definition) is 4. The van der Waals surface area contributed by atoms with Crippen molar-refractivity contribution in [3.8, 4) is 0 Å². The van der Waals surface area contributed by atoms with E-state index >= 15 is 0 Å². The minimum absolute atomic E-state index is 0.331. The second-order valence-electron chi connectivity index (χ2n) is 4.62. The molecule has 0 aromatic heterocycles. The monoisotopic (exact) mass is 270 g/mol. The molecule has 2 N–H and O–H groups in total. The third kappa shape index (κ3) is 3.71. The molecular formula is C13H22N2O2S. The summed E-state index contributed by atoms with van der Waals surface area (Å²) in [6.45, 7) is 6.20. The van der Waals surface area contributed by atoms with Gasteiger partial charge in [0.15, 0.2) is 9.84 Å². The lowest BCUT2D eigenvalue weighted by Gasteiger charge is -2.27. The van der Waals surface area contributed by atoms with Crippen LogP contribution in [0.5, 0.6) is 0 Å². The molecule has 1 unspecified atom stereocenters. The largest absolute Gasteiger partial charge is 0.370 e. The Labute approximate surface area is 110 Å². The van der Waals surface area contributed by atoms with Crippen molar-refractivity contribution in [1.29, 1.82) is 0 Å². The minimum atomic E-state index is -3.20. The summed E-state index contributed by atoms with van der Waals surface area (Å²) < 4.78 is 23.6. The number of nitrogens with two attached hydrogens (primary N) is 1. The zero-order chi connectivity index (χ0) is 13.8. The van der Waals surface area contributed by atoms with Crippen molar-refractivity contribution >= 4 is 15.5 Å². The van der Waals surface area contributed by atoms with Crippen LogP contribution in [0.25, 0.3) is 0 Å². The van der Waals surface area contributed by atoms with E-state index in [9.17, 15) is 8.42 Å². The molecule has 0 saturated heterocycles. The van der Waals surface area contributed by atoms with Crippen molar-refractivity contribution in [1.82, 2.24) is 0 Å². The zero-order valence-electron chi connectivity index (χ0n) is 11.3. The molecule has 0 saturated carbocycles. The maximum atomic E-state index is 11.8. The van der Waals surface area contributed by atoms with Crippen LogP contribution in [-0.2, 0) is 9.84 Å². The molecular weight excluding hydrogens is 248 g/mol. The first-order valence-corrected chi connectivity index (χ1v) is 8.03. The van der Waals surface area contributed by atoms with Gasteiger partial charge in [0.2, 0.25) is 0 Å². The molecule has 1 aromatic rings. The standard InChI is InChI=1S/C13H22N2O2S/c1-4-15(10-11(2)9-14)12-7-5-6-8-13(12)18(3,16)17/h5-8,11H,4,9-10,14H2,1-3H3.